The Morgan fingerprint density at radius 3 is 1.44 bits per heavy atom. The van der Waals surface area contributed by atoms with Gasteiger partial charge in [-0.2, -0.15) is 5.10 Å². The molecule has 0 amide bonds. The first kappa shape index (κ1) is 48.1. The number of hydrogen-bond acceptors (Lipinski definition) is 7. The lowest BCUT2D eigenvalue weighted by molar-refractivity contribution is -0.150. The molecule has 0 radical (unpaired) electrons. The van der Waals surface area contributed by atoms with Crippen molar-refractivity contribution in [2.45, 2.75) is 233 Å². The zero-order valence-corrected chi connectivity index (χ0v) is 34.6. The minimum absolute atomic E-state index is 0.00276. The van der Waals surface area contributed by atoms with Gasteiger partial charge in [0.1, 0.15) is 12.2 Å². The monoisotopic (exact) mass is 734 g/mol. The van der Waals surface area contributed by atoms with Gasteiger partial charge in [0.05, 0.1) is 19.0 Å². The largest absolute Gasteiger partial charge is 0.462 e. The van der Waals surface area contributed by atoms with Crippen LogP contribution in [0, 0.1) is 0 Å². The molecule has 1 aromatic heterocycles. The van der Waals surface area contributed by atoms with Crippen LogP contribution in [0.15, 0.2) is 12.4 Å². The average Bonchev–Trinajstić information content (AvgIpc) is 3.59. The maximum atomic E-state index is 13.3. The van der Waals surface area contributed by atoms with Crippen molar-refractivity contribution in [3.63, 3.8) is 0 Å². The summed E-state index contributed by atoms with van der Waals surface area (Å²) in [6.07, 6.45) is 34.3. The van der Waals surface area contributed by atoms with Gasteiger partial charge in [-0.05, 0) is 64.2 Å². The van der Waals surface area contributed by atoms with Crippen LogP contribution in [0.1, 0.15) is 213 Å². The third-order valence-electron chi connectivity index (χ3n) is 10.3. The molecule has 304 valence electrons. The molecule has 1 heterocycles. The number of nitrogens with zero attached hydrogens (tertiary/aromatic N) is 3. The second-order valence-corrected chi connectivity index (χ2v) is 15.4. The Labute approximate surface area is 320 Å². The van der Waals surface area contributed by atoms with Crippen LogP contribution in [0.25, 0.3) is 0 Å². The first-order valence-electron chi connectivity index (χ1n) is 22.2. The molecule has 2 atom stereocenters. The predicted octanol–water partition coefficient (Wildman–Crippen LogP) is 11.5. The van der Waals surface area contributed by atoms with E-state index >= 15 is 0 Å². The molecule has 1 rings (SSSR count). The Hall–Kier alpha value is -1.93. The molecule has 0 spiro atoms. The van der Waals surface area contributed by atoms with Crippen LogP contribution in [0.2, 0.25) is 0 Å². The molecule has 0 aliphatic carbocycles. The number of ether oxygens (including phenoxy) is 2. The Morgan fingerprint density at radius 2 is 1.02 bits per heavy atom. The van der Waals surface area contributed by atoms with Crippen molar-refractivity contribution < 1.29 is 24.2 Å². The summed E-state index contributed by atoms with van der Waals surface area (Å²) in [6.45, 7) is 11.6. The molecule has 0 bridgehead atoms. The molecule has 52 heavy (non-hydrogen) atoms. The van der Waals surface area contributed by atoms with Crippen molar-refractivity contribution in [2.24, 2.45) is 0 Å². The van der Waals surface area contributed by atoms with Crippen LogP contribution in [-0.4, -0.2) is 63.6 Å². The highest BCUT2D eigenvalue weighted by atomic mass is 16.5. The molecule has 0 aliphatic rings. The van der Waals surface area contributed by atoms with Crippen LogP contribution >= 0.6 is 0 Å². The van der Waals surface area contributed by atoms with Gasteiger partial charge in [-0.25, -0.2) is 0 Å². The number of hydrogen-bond donors (Lipinski definition) is 1. The molecule has 1 N–H and O–H groups in total. The summed E-state index contributed by atoms with van der Waals surface area (Å²) < 4.78 is 14.2. The highest BCUT2D eigenvalue weighted by Gasteiger charge is 2.19. The van der Waals surface area contributed by atoms with Gasteiger partial charge in [-0.15, -0.1) is 0 Å². The Bertz CT molecular complexity index is 904. The summed E-state index contributed by atoms with van der Waals surface area (Å²) in [5.74, 6) is -0.269. The lowest BCUT2D eigenvalue weighted by Gasteiger charge is -2.23. The van der Waals surface area contributed by atoms with E-state index in [0.29, 0.717) is 32.5 Å². The van der Waals surface area contributed by atoms with Gasteiger partial charge in [0, 0.05) is 44.5 Å². The van der Waals surface area contributed by atoms with Gasteiger partial charge in [-0.3, -0.25) is 19.2 Å². The predicted molar refractivity (Wildman–Crippen MR) is 216 cm³/mol. The second kappa shape index (κ2) is 34.8. The van der Waals surface area contributed by atoms with E-state index in [1.165, 1.54) is 103 Å². The van der Waals surface area contributed by atoms with Crippen molar-refractivity contribution >= 4 is 11.9 Å². The van der Waals surface area contributed by atoms with Gasteiger partial charge in [0.15, 0.2) is 0 Å². The number of esters is 2. The van der Waals surface area contributed by atoms with Gasteiger partial charge in [0.25, 0.3) is 0 Å². The standard InChI is InChI=1S/C44H83N3O5/c1-5-9-13-17-19-23-29-41(27-21-15-11-7-3)51-43(49)31-34-46(38-40-37-45-47(39-40)33-25-26-36-48)35-32-44(50)52-42(28-22-16-12-8-4)30-24-20-18-14-10-6-2/h37,39,41-42,48H,5-36,38H2,1-4H3. The number of aliphatic hydroxyl groups is 1. The van der Waals surface area contributed by atoms with E-state index in [1.54, 1.807) is 0 Å². The van der Waals surface area contributed by atoms with Crippen LogP contribution in [-0.2, 0) is 32.2 Å². The molecule has 1 aromatic rings. The number of aryl methyl sites for hydroxylation is 1. The normalized spacial score (nSPS) is 12.7. The third-order valence-corrected chi connectivity index (χ3v) is 10.3. The summed E-state index contributed by atoms with van der Waals surface area (Å²) in [7, 11) is 0. The van der Waals surface area contributed by atoms with Crippen molar-refractivity contribution in [3.05, 3.63) is 18.0 Å². The molecule has 2 unspecified atom stereocenters. The number of aliphatic hydroxyl groups excluding tert-OH is 1. The number of unbranched alkanes of at least 4 members (excludes halogenated alkanes) is 17. The van der Waals surface area contributed by atoms with Crippen molar-refractivity contribution in [2.75, 3.05) is 19.7 Å². The SMILES string of the molecule is CCCCCCCCC(CCCCCC)OC(=O)CCN(CCC(=O)OC(CCCCCC)CCCCCCCC)Cc1cnn(CCCCO)c1. The van der Waals surface area contributed by atoms with Crippen molar-refractivity contribution in [3.8, 4) is 0 Å². The highest BCUT2D eigenvalue weighted by molar-refractivity contribution is 5.70. The van der Waals surface area contributed by atoms with E-state index in [-0.39, 0.29) is 30.8 Å². The fourth-order valence-electron chi connectivity index (χ4n) is 6.94. The summed E-state index contributed by atoms with van der Waals surface area (Å²) in [5.41, 5.74) is 1.06. The second-order valence-electron chi connectivity index (χ2n) is 15.4. The number of aromatic nitrogens is 2. The molecule has 8 nitrogen and oxygen atoms in total. The topological polar surface area (TPSA) is 93.9 Å². The molecule has 0 aromatic carbocycles. The average molecular weight is 734 g/mol. The van der Waals surface area contributed by atoms with Crippen LogP contribution in [0.4, 0.5) is 0 Å². The van der Waals surface area contributed by atoms with Crippen molar-refractivity contribution in [1.29, 1.82) is 0 Å². The lowest BCUT2D eigenvalue weighted by atomic mass is 10.0. The summed E-state index contributed by atoms with van der Waals surface area (Å²) >= 11 is 0. The first-order valence-corrected chi connectivity index (χ1v) is 22.2. The van der Waals surface area contributed by atoms with E-state index in [2.05, 4.69) is 37.7 Å². The maximum Gasteiger partial charge on any atom is 0.307 e. The number of carbonyl (C=O) groups is 2. The van der Waals surface area contributed by atoms with Gasteiger partial charge < -0.3 is 14.6 Å². The summed E-state index contributed by atoms with van der Waals surface area (Å²) in [6, 6.07) is 0. The molecular weight excluding hydrogens is 651 g/mol. The van der Waals surface area contributed by atoms with E-state index in [0.717, 1.165) is 76.3 Å². The van der Waals surface area contributed by atoms with Gasteiger partial charge in [-0.1, -0.05) is 130 Å². The molecule has 0 saturated heterocycles. The Morgan fingerprint density at radius 1 is 0.615 bits per heavy atom. The molecule has 8 heteroatoms. The molecule has 0 aliphatic heterocycles. The maximum absolute atomic E-state index is 13.3. The third kappa shape index (κ3) is 27.6. The van der Waals surface area contributed by atoms with Crippen molar-refractivity contribution in [1.82, 2.24) is 14.7 Å². The number of rotatable bonds is 38. The highest BCUT2D eigenvalue weighted by Crippen LogP contribution is 2.19. The van der Waals surface area contributed by atoms with Gasteiger partial charge in [0.2, 0.25) is 0 Å². The minimum atomic E-state index is -0.134. The Kier molecular flexibility index (Phi) is 32.2. The zero-order chi connectivity index (χ0) is 37.9. The molecular formula is C44H83N3O5. The van der Waals surface area contributed by atoms with Crippen LogP contribution in [0.5, 0.6) is 0 Å². The van der Waals surface area contributed by atoms with Crippen LogP contribution in [0.3, 0.4) is 0 Å². The van der Waals surface area contributed by atoms with E-state index < -0.39 is 0 Å². The van der Waals surface area contributed by atoms with E-state index in [1.807, 2.05) is 17.1 Å². The quantitative estimate of drug-likeness (QED) is 0.0534. The van der Waals surface area contributed by atoms with E-state index in [9.17, 15) is 9.59 Å². The number of carbonyl (C=O) groups excluding carboxylic acids is 2. The first-order chi connectivity index (χ1) is 25.4. The minimum Gasteiger partial charge on any atom is -0.462 e. The van der Waals surface area contributed by atoms with Crippen LogP contribution < -0.4 is 0 Å². The fraction of sp³-hybridized carbons (Fsp3) is 0.886. The summed E-state index contributed by atoms with van der Waals surface area (Å²) in [5, 5.41) is 13.7. The Balaban J connectivity index is 2.82. The smallest absolute Gasteiger partial charge is 0.307 e. The zero-order valence-electron chi connectivity index (χ0n) is 34.6. The summed E-state index contributed by atoms with van der Waals surface area (Å²) in [4.78, 5) is 28.7. The fourth-order valence-corrected chi connectivity index (χ4v) is 6.94. The van der Waals surface area contributed by atoms with Gasteiger partial charge >= 0.3 is 11.9 Å². The van der Waals surface area contributed by atoms with E-state index in [4.69, 9.17) is 14.6 Å². The lowest BCUT2D eigenvalue weighted by Crippen LogP contribution is -2.31. The molecule has 0 saturated carbocycles. The molecule has 0 fully saturated rings.